The molecule has 0 radical (unpaired) electrons. The predicted octanol–water partition coefficient (Wildman–Crippen LogP) is 13.1. The topological polar surface area (TPSA) is 56.5 Å². The maximum absolute atomic E-state index is 5.36. The van der Waals surface area contributed by atoms with E-state index in [0.717, 1.165) is 66.4 Å². The lowest BCUT2D eigenvalue weighted by Crippen LogP contribution is -2.00. The molecule has 0 saturated heterocycles. The molecule has 11 rings (SSSR count). The van der Waals surface area contributed by atoms with Gasteiger partial charge in [0.1, 0.15) is 5.69 Å². The van der Waals surface area contributed by atoms with Gasteiger partial charge in [-0.15, -0.1) is 11.3 Å². The number of para-hydroxylation sites is 1. The third-order valence-electron chi connectivity index (χ3n) is 10.5. The summed E-state index contributed by atoms with van der Waals surface area (Å²) in [7, 11) is 0. The second-order valence-electron chi connectivity index (χ2n) is 13.9. The molecule has 11 aromatic rings. The van der Waals surface area contributed by atoms with Crippen LogP contribution in [0.15, 0.2) is 188 Å². The lowest BCUT2D eigenvalue weighted by atomic mass is 9.93. The van der Waals surface area contributed by atoms with Crippen molar-refractivity contribution in [2.24, 2.45) is 0 Å². The van der Waals surface area contributed by atoms with Crippen molar-refractivity contribution in [1.29, 1.82) is 0 Å². The molecular weight excluding hydrogens is 703 g/mol. The van der Waals surface area contributed by atoms with Crippen LogP contribution in [0.5, 0.6) is 0 Å². The average Bonchev–Trinajstić information content (AvgIpc) is 3.87. The fourth-order valence-electron chi connectivity index (χ4n) is 7.85. The number of nitrogens with zero attached hydrogens (tertiary/aromatic N) is 5. The van der Waals surface area contributed by atoms with E-state index < -0.39 is 0 Å². The zero-order valence-electron chi connectivity index (χ0n) is 30.0. The van der Waals surface area contributed by atoms with Gasteiger partial charge in [0.15, 0.2) is 17.5 Å². The largest absolute Gasteiger partial charge is 0.232 e. The third-order valence-corrected chi connectivity index (χ3v) is 11.7. The van der Waals surface area contributed by atoms with Gasteiger partial charge in [-0.3, -0.25) is 0 Å². The number of rotatable bonds is 6. The number of hydrogen-bond donors (Lipinski definition) is 0. The molecule has 0 fully saturated rings. The minimum absolute atomic E-state index is 0.622. The lowest BCUT2D eigenvalue weighted by molar-refractivity contribution is 0.918. The van der Waals surface area contributed by atoms with Crippen LogP contribution in [0.4, 0.5) is 0 Å². The highest BCUT2D eigenvalue weighted by atomic mass is 32.1. The van der Waals surface area contributed by atoms with E-state index in [4.69, 9.17) is 20.1 Å². The Labute approximate surface area is 326 Å². The van der Waals surface area contributed by atoms with Crippen molar-refractivity contribution >= 4 is 53.2 Å². The standard InChI is InChI=1S/C50H31N5S/c1-5-16-32(17-6-1)42-31-36-30-35(28-29-38(36)46-44(42)45(33-18-7-2-8-19-33)54-55(46)37-22-11-4-12-23-37)49-51-48(34-20-9-3-10-21-34)52-50(53-49)41-26-15-25-40-39-24-13-14-27-43(39)56-47(40)41/h1-31H. The van der Waals surface area contributed by atoms with E-state index in [1.807, 2.05) is 30.3 Å². The van der Waals surface area contributed by atoms with E-state index >= 15 is 0 Å². The van der Waals surface area contributed by atoms with Gasteiger partial charge < -0.3 is 0 Å². The Bertz CT molecular complexity index is 3230. The Balaban J connectivity index is 1.18. The molecule has 0 amide bonds. The Morgan fingerprint density at radius 3 is 1.77 bits per heavy atom. The van der Waals surface area contributed by atoms with Gasteiger partial charge in [0.25, 0.3) is 0 Å². The molecule has 3 aromatic heterocycles. The monoisotopic (exact) mass is 733 g/mol. The predicted molar refractivity (Wildman–Crippen MR) is 232 cm³/mol. The van der Waals surface area contributed by atoms with Crippen molar-refractivity contribution in [3.05, 3.63) is 188 Å². The Hall–Kier alpha value is -7.28. The molecule has 0 aliphatic carbocycles. The van der Waals surface area contributed by atoms with Crippen LogP contribution in [0.25, 0.3) is 104 Å². The molecule has 6 heteroatoms. The summed E-state index contributed by atoms with van der Waals surface area (Å²) in [5, 5.41) is 11.1. The number of hydrogen-bond acceptors (Lipinski definition) is 5. The SMILES string of the molecule is c1ccc(-c2nc(-c3ccc4c(c3)cc(-c3ccccc3)c3c(-c5ccccc5)nn(-c5ccccc5)c34)nc(-c3cccc4c3sc3ccccc34)n2)cc1. The second kappa shape index (κ2) is 13.2. The van der Waals surface area contributed by atoms with Gasteiger partial charge in [-0.25, -0.2) is 19.6 Å². The second-order valence-corrected chi connectivity index (χ2v) is 14.9. The molecule has 8 aromatic carbocycles. The van der Waals surface area contributed by atoms with Gasteiger partial charge in [0.2, 0.25) is 0 Å². The maximum atomic E-state index is 5.36. The average molecular weight is 734 g/mol. The van der Waals surface area contributed by atoms with Crippen LogP contribution in [-0.2, 0) is 0 Å². The Kier molecular flexibility index (Phi) is 7.60. The van der Waals surface area contributed by atoms with Crippen molar-refractivity contribution in [2.75, 3.05) is 0 Å². The van der Waals surface area contributed by atoms with Crippen molar-refractivity contribution in [2.45, 2.75) is 0 Å². The Morgan fingerprint density at radius 1 is 0.411 bits per heavy atom. The molecule has 262 valence electrons. The summed E-state index contributed by atoms with van der Waals surface area (Å²) in [5.74, 6) is 1.91. The number of benzene rings is 8. The van der Waals surface area contributed by atoms with Gasteiger partial charge in [0.05, 0.1) is 11.2 Å². The van der Waals surface area contributed by atoms with Crippen molar-refractivity contribution < 1.29 is 0 Å². The molecule has 0 bridgehead atoms. The summed E-state index contributed by atoms with van der Waals surface area (Å²) in [6.45, 7) is 0. The van der Waals surface area contributed by atoms with E-state index in [2.05, 4.69) is 162 Å². The molecule has 0 N–H and O–H groups in total. The number of thiophene rings is 1. The highest BCUT2D eigenvalue weighted by molar-refractivity contribution is 7.26. The van der Waals surface area contributed by atoms with Gasteiger partial charge in [-0.1, -0.05) is 152 Å². The van der Waals surface area contributed by atoms with E-state index in [1.54, 1.807) is 11.3 Å². The third kappa shape index (κ3) is 5.38. The highest BCUT2D eigenvalue weighted by Crippen LogP contribution is 2.43. The van der Waals surface area contributed by atoms with Crippen LogP contribution in [0.2, 0.25) is 0 Å². The summed E-state index contributed by atoms with van der Waals surface area (Å²) in [5.41, 5.74) is 9.15. The maximum Gasteiger partial charge on any atom is 0.165 e. The lowest BCUT2D eigenvalue weighted by Gasteiger charge is -2.13. The summed E-state index contributed by atoms with van der Waals surface area (Å²) in [4.78, 5) is 15.5. The highest BCUT2D eigenvalue weighted by Gasteiger charge is 2.22. The van der Waals surface area contributed by atoms with E-state index in [-0.39, 0.29) is 0 Å². The zero-order chi connectivity index (χ0) is 37.0. The number of fused-ring (bicyclic) bond motifs is 6. The summed E-state index contributed by atoms with van der Waals surface area (Å²) in [6.07, 6.45) is 0. The van der Waals surface area contributed by atoms with Crippen molar-refractivity contribution in [3.8, 4) is 62.2 Å². The first-order valence-electron chi connectivity index (χ1n) is 18.7. The molecule has 0 atom stereocenters. The summed E-state index contributed by atoms with van der Waals surface area (Å²) >= 11 is 1.78. The minimum atomic E-state index is 0.622. The molecule has 0 unspecified atom stereocenters. The van der Waals surface area contributed by atoms with Crippen LogP contribution < -0.4 is 0 Å². The minimum Gasteiger partial charge on any atom is -0.232 e. The molecule has 0 aliphatic heterocycles. The first kappa shape index (κ1) is 32.2. The van der Waals surface area contributed by atoms with Crippen molar-refractivity contribution in [1.82, 2.24) is 24.7 Å². The van der Waals surface area contributed by atoms with Crippen LogP contribution in [-0.4, -0.2) is 24.7 Å². The smallest absolute Gasteiger partial charge is 0.165 e. The molecule has 0 saturated carbocycles. The number of aromatic nitrogens is 5. The van der Waals surface area contributed by atoms with Crippen LogP contribution in [0.3, 0.4) is 0 Å². The van der Waals surface area contributed by atoms with Gasteiger partial charge in [-0.2, -0.15) is 5.10 Å². The van der Waals surface area contributed by atoms with Crippen LogP contribution >= 0.6 is 11.3 Å². The molecule has 3 heterocycles. The first-order chi connectivity index (χ1) is 27.8. The van der Waals surface area contributed by atoms with Gasteiger partial charge in [-0.05, 0) is 52.9 Å². The molecule has 0 aliphatic rings. The fraction of sp³-hybridized carbons (Fsp3) is 0. The zero-order valence-corrected chi connectivity index (χ0v) is 30.9. The molecule has 0 spiro atoms. The summed E-state index contributed by atoms with van der Waals surface area (Å²) < 4.78 is 4.51. The van der Waals surface area contributed by atoms with E-state index in [0.29, 0.717) is 17.5 Å². The van der Waals surface area contributed by atoms with Gasteiger partial charge in [0, 0.05) is 53.2 Å². The van der Waals surface area contributed by atoms with Crippen LogP contribution in [0, 0.1) is 0 Å². The van der Waals surface area contributed by atoms with Gasteiger partial charge >= 0.3 is 0 Å². The van der Waals surface area contributed by atoms with E-state index in [9.17, 15) is 0 Å². The fourth-order valence-corrected chi connectivity index (χ4v) is 9.06. The molecular formula is C50H31N5S. The Morgan fingerprint density at radius 2 is 1.02 bits per heavy atom. The summed E-state index contributed by atoms with van der Waals surface area (Å²) in [6, 6.07) is 65.5. The molecule has 56 heavy (non-hydrogen) atoms. The normalized spacial score (nSPS) is 11.6. The molecule has 5 nitrogen and oxygen atoms in total. The quantitative estimate of drug-likeness (QED) is 0.171. The van der Waals surface area contributed by atoms with Crippen LogP contribution in [0.1, 0.15) is 0 Å². The van der Waals surface area contributed by atoms with Crippen molar-refractivity contribution in [3.63, 3.8) is 0 Å². The first-order valence-corrected chi connectivity index (χ1v) is 19.5. The van der Waals surface area contributed by atoms with E-state index in [1.165, 1.54) is 20.2 Å².